The van der Waals surface area contributed by atoms with Crippen LogP contribution in [0.25, 0.3) is 0 Å². The molecule has 0 saturated heterocycles. The highest BCUT2D eigenvalue weighted by atomic mass is 32.2. The molecule has 6 heteroatoms. The summed E-state index contributed by atoms with van der Waals surface area (Å²) in [7, 11) is -0.401. The minimum atomic E-state index is -3.50. The molecule has 1 rings (SSSR count). The van der Waals surface area contributed by atoms with Gasteiger partial charge in [-0.05, 0) is 24.6 Å². The van der Waals surface area contributed by atoms with Gasteiger partial charge in [0.2, 0.25) is 0 Å². The molecule has 106 valence electrons. The Morgan fingerprint density at radius 2 is 2.00 bits per heavy atom. The van der Waals surface area contributed by atoms with Gasteiger partial charge >= 0.3 is 0 Å². The highest BCUT2D eigenvalue weighted by molar-refractivity contribution is 7.87. The summed E-state index contributed by atoms with van der Waals surface area (Å²) < 4.78 is 32.8. The molecular formula is C13H20N2O3S. The summed E-state index contributed by atoms with van der Waals surface area (Å²) in [5, 5.41) is 0. The molecule has 1 atom stereocenters. The van der Waals surface area contributed by atoms with Gasteiger partial charge in [-0.2, -0.15) is 17.4 Å². The Bertz CT molecular complexity index is 511. The maximum absolute atomic E-state index is 12.0. The molecule has 1 aromatic carbocycles. The second kappa shape index (κ2) is 6.70. The molecule has 0 amide bonds. The fourth-order valence-corrected chi connectivity index (χ4v) is 2.46. The molecule has 5 nitrogen and oxygen atoms in total. The first-order valence-corrected chi connectivity index (χ1v) is 7.33. The molecule has 1 N–H and O–H groups in total. The average Bonchev–Trinajstić information content (AvgIpc) is 2.44. The highest BCUT2D eigenvalue weighted by Gasteiger charge is 2.20. The van der Waals surface area contributed by atoms with E-state index in [9.17, 15) is 8.42 Å². The van der Waals surface area contributed by atoms with Crippen molar-refractivity contribution < 1.29 is 13.2 Å². The van der Waals surface area contributed by atoms with Crippen LogP contribution >= 0.6 is 0 Å². The minimum absolute atomic E-state index is 0.237. The van der Waals surface area contributed by atoms with E-state index in [0.717, 1.165) is 11.3 Å². The number of benzene rings is 1. The molecule has 0 saturated carbocycles. The molecule has 0 aliphatic heterocycles. The second-order valence-corrected chi connectivity index (χ2v) is 5.98. The Balaban J connectivity index is 2.66. The Labute approximate surface area is 115 Å². The summed E-state index contributed by atoms with van der Waals surface area (Å²) in [6.07, 6.45) is 1.58. The topological polar surface area (TPSA) is 58.6 Å². The summed E-state index contributed by atoms with van der Waals surface area (Å²) in [5.74, 6) is 0.740. The van der Waals surface area contributed by atoms with Gasteiger partial charge in [0.05, 0.1) is 7.11 Å². The molecular weight excluding hydrogens is 264 g/mol. The number of hydrogen-bond acceptors (Lipinski definition) is 3. The van der Waals surface area contributed by atoms with Gasteiger partial charge in [0.25, 0.3) is 10.2 Å². The van der Waals surface area contributed by atoms with Crippen molar-refractivity contribution >= 4 is 10.2 Å². The first kappa shape index (κ1) is 15.7. The second-order valence-electron chi connectivity index (χ2n) is 4.17. The Morgan fingerprint density at radius 3 is 2.47 bits per heavy atom. The van der Waals surface area contributed by atoms with Crippen LogP contribution in [0.1, 0.15) is 12.5 Å². The predicted molar refractivity (Wildman–Crippen MR) is 76.2 cm³/mol. The Kier molecular flexibility index (Phi) is 5.53. The average molecular weight is 284 g/mol. The van der Waals surface area contributed by atoms with Crippen molar-refractivity contribution in [3.05, 3.63) is 42.5 Å². The van der Waals surface area contributed by atoms with E-state index in [0.29, 0.717) is 0 Å². The van der Waals surface area contributed by atoms with Crippen LogP contribution in [-0.4, -0.2) is 32.9 Å². The van der Waals surface area contributed by atoms with Crippen LogP contribution < -0.4 is 9.46 Å². The Hall–Kier alpha value is -1.37. The van der Waals surface area contributed by atoms with E-state index in [-0.39, 0.29) is 12.6 Å². The molecule has 0 aromatic heterocycles. The van der Waals surface area contributed by atoms with E-state index in [1.807, 2.05) is 12.1 Å². The van der Waals surface area contributed by atoms with E-state index >= 15 is 0 Å². The van der Waals surface area contributed by atoms with Gasteiger partial charge in [-0.25, -0.2) is 0 Å². The number of nitrogens with zero attached hydrogens (tertiary/aromatic N) is 1. The van der Waals surface area contributed by atoms with E-state index in [2.05, 4.69) is 11.3 Å². The zero-order chi connectivity index (χ0) is 14.5. The maximum Gasteiger partial charge on any atom is 0.280 e. The molecule has 0 bridgehead atoms. The molecule has 0 radical (unpaired) electrons. The zero-order valence-corrected chi connectivity index (χ0v) is 12.3. The van der Waals surface area contributed by atoms with Crippen molar-refractivity contribution in [1.29, 1.82) is 0 Å². The third-order valence-corrected chi connectivity index (χ3v) is 4.51. The number of rotatable bonds is 7. The van der Waals surface area contributed by atoms with Gasteiger partial charge < -0.3 is 4.74 Å². The van der Waals surface area contributed by atoms with Gasteiger partial charge in [0.1, 0.15) is 5.75 Å². The van der Waals surface area contributed by atoms with E-state index in [1.54, 1.807) is 32.2 Å². The van der Waals surface area contributed by atoms with Gasteiger partial charge in [-0.15, -0.1) is 6.58 Å². The number of methoxy groups -OCH3 is 1. The van der Waals surface area contributed by atoms with Crippen LogP contribution in [0.3, 0.4) is 0 Å². The largest absolute Gasteiger partial charge is 0.497 e. The lowest BCUT2D eigenvalue weighted by molar-refractivity contribution is 0.414. The number of ether oxygens (including phenoxy) is 1. The molecule has 0 heterocycles. The minimum Gasteiger partial charge on any atom is -0.497 e. The quantitative estimate of drug-likeness (QED) is 0.773. The predicted octanol–water partition coefficient (Wildman–Crippen LogP) is 1.54. The summed E-state index contributed by atoms with van der Waals surface area (Å²) >= 11 is 0. The fourth-order valence-electron chi connectivity index (χ4n) is 1.39. The molecule has 0 aliphatic carbocycles. The van der Waals surface area contributed by atoms with Crippen LogP contribution in [0, 0.1) is 0 Å². The smallest absolute Gasteiger partial charge is 0.280 e. The lowest BCUT2D eigenvalue weighted by Crippen LogP contribution is -2.41. The van der Waals surface area contributed by atoms with Crippen LogP contribution in [0.15, 0.2) is 36.9 Å². The van der Waals surface area contributed by atoms with Crippen molar-refractivity contribution in [2.24, 2.45) is 0 Å². The number of likely N-dealkylation sites (N-methyl/N-ethyl adjacent to an activating group) is 1. The SMILES string of the molecule is C=CC(C)N(C)S(=O)(=O)NCc1ccc(OC)cc1. The fraction of sp³-hybridized carbons (Fsp3) is 0.385. The van der Waals surface area contributed by atoms with Crippen LogP contribution in [0.4, 0.5) is 0 Å². The summed E-state index contributed by atoms with van der Waals surface area (Å²) in [6, 6.07) is 6.96. The first-order valence-electron chi connectivity index (χ1n) is 5.89. The first-order chi connectivity index (χ1) is 8.90. The van der Waals surface area contributed by atoms with Crippen LogP contribution in [0.2, 0.25) is 0 Å². The third-order valence-electron chi connectivity index (χ3n) is 2.91. The zero-order valence-electron chi connectivity index (χ0n) is 11.5. The highest BCUT2D eigenvalue weighted by Crippen LogP contribution is 2.11. The van der Waals surface area contributed by atoms with Crippen LogP contribution in [-0.2, 0) is 16.8 Å². The molecule has 0 fully saturated rings. The third kappa shape index (κ3) is 4.34. The van der Waals surface area contributed by atoms with E-state index in [1.165, 1.54) is 11.4 Å². The van der Waals surface area contributed by atoms with Crippen molar-refractivity contribution in [1.82, 2.24) is 9.03 Å². The maximum atomic E-state index is 12.0. The number of hydrogen-bond donors (Lipinski definition) is 1. The molecule has 0 spiro atoms. The van der Waals surface area contributed by atoms with Crippen molar-refractivity contribution in [2.75, 3.05) is 14.2 Å². The van der Waals surface area contributed by atoms with Crippen molar-refractivity contribution in [2.45, 2.75) is 19.5 Å². The standard InChI is InChI=1S/C13H20N2O3S/c1-5-11(2)15(3)19(16,17)14-10-12-6-8-13(18-4)9-7-12/h5-9,11,14H,1,10H2,2-4H3. The Morgan fingerprint density at radius 1 is 1.42 bits per heavy atom. The van der Waals surface area contributed by atoms with Gasteiger partial charge in [-0.3, -0.25) is 0 Å². The van der Waals surface area contributed by atoms with E-state index < -0.39 is 10.2 Å². The van der Waals surface area contributed by atoms with Crippen molar-refractivity contribution in [3.63, 3.8) is 0 Å². The monoisotopic (exact) mass is 284 g/mol. The van der Waals surface area contributed by atoms with E-state index in [4.69, 9.17) is 4.74 Å². The summed E-state index contributed by atoms with van der Waals surface area (Å²) in [6.45, 7) is 5.58. The molecule has 1 aromatic rings. The lowest BCUT2D eigenvalue weighted by Gasteiger charge is -2.21. The van der Waals surface area contributed by atoms with Gasteiger partial charge in [0, 0.05) is 19.6 Å². The van der Waals surface area contributed by atoms with Crippen molar-refractivity contribution in [3.8, 4) is 5.75 Å². The molecule has 0 aliphatic rings. The number of nitrogens with one attached hydrogen (secondary N) is 1. The lowest BCUT2D eigenvalue weighted by atomic mass is 10.2. The summed E-state index contributed by atoms with van der Waals surface area (Å²) in [4.78, 5) is 0. The van der Waals surface area contributed by atoms with Gasteiger partial charge in [-0.1, -0.05) is 18.2 Å². The molecule has 1 unspecified atom stereocenters. The molecule has 19 heavy (non-hydrogen) atoms. The normalized spacial score (nSPS) is 13.3. The summed E-state index contributed by atoms with van der Waals surface area (Å²) in [5.41, 5.74) is 0.865. The van der Waals surface area contributed by atoms with Gasteiger partial charge in [0.15, 0.2) is 0 Å². The van der Waals surface area contributed by atoms with Crippen LogP contribution in [0.5, 0.6) is 5.75 Å².